The van der Waals surface area contributed by atoms with Crippen molar-refractivity contribution in [3.63, 3.8) is 0 Å². The molecule has 2 amide bonds. The predicted octanol–water partition coefficient (Wildman–Crippen LogP) is 2.07. The van der Waals surface area contributed by atoms with Crippen LogP contribution in [0.2, 0.25) is 5.02 Å². The van der Waals surface area contributed by atoms with Gasteiger partial charge in [-0.25, -0.2) is 18.4 Å². The van der Waals surface area contributed by atoms with Gasteiger partial charge in [0.15, 0.2) is 0 Å². The molecule has 0 fully saturated rings. The van der Waals surface area contributed by atoms with E-state index in [1.807, 2.05) is 18.2 Å². The minimum Gasteiger partial charge on any atom is -0.338 e. The highest BCUT2D eigenvalue weighted by Gasteiger charge is 2.07. The molecule has 2 aromatic carbocycles. The fourth-order valence-corrected chi connectivity index (χ4v) is 2.97. The molecule has 0 saturated carbocycles. The largest absolute Gasteiger partial charge is 0.338 e. The van der Waals surface area contributed by atoms with Gasteiger partial charge in [0.2, 0.25) is 10.0 Å². The van der Waals surface area contributed by atoms with Gasteiger partial charge in [-0.2, -0.15) is 0 Å². The summed E-state index contributed by atoms with van der Waals surface area (Å²) in [4.78, 5) is 11.8. The van der Waals surface area contributed by atoms with Crippen LogP contribution in [0.4, 0.5) is 4.79 Å². The molecule has 0 aliphatic carbocycles. The van der Waals surface area contributed by atoms with E-state index in [9.17, 15) is 13.2 Å². The van der Waals surface area contributed by atoms with E-state index in [4.69, 9.17) is 16.7 Å². The van der Waals surface area contributed by atoms with Crippen LogP contribution in [-0.4, -0.2) is 27.5 Å². The van der Waals surface area contributed by atoms with Gasteiger partial charge in [0.25, 0.3) is 0 Å². The average Bonchev–Trinajstić information content (AvgIpc) is 2.54. The molecule has 0 spiro atoms. The van der Waals surface area contributed by atoms with Gasteiger partial charge < -0.3 is 10.6 Å². The maximum Gasteiger partial charge on any atom is 0.314 e. The van der Waals surface area contributed by atoms with Crippen molar-refractivity contribution < 1.29 is 13.2 Å². The zero-order valence-electron chi connectivity index (χ0n) is 13.5. The highest BCUT2D eigenvalue weighted by Crippen LogP contribution is 2.11. The number of nitrogens with one attached hydrogen (secondary N) is 2. The van der Waals surface area contributed by atoms with E-state index in [1.165, 1.54) is 12.1 Å². The van der Waals surface area contributed by atoms with E-state index < -0.39 is 10.0 Å². The number of sulfonamides is 1. The van der Waals surface area contributed by atoms with E-state index >= 15 is 0 Å². The third-order valence-corrected chi connectivity index (χ3v) is 4.70. The van der Waals surface area contributed by atoms with Crippen molar-refractivity contribution in [2.75, 3.05) is 13.1 Å². The second kappa shape index (κ2) is 8.84. The number of carbonyl (C=O) groups is 1. The summed E-state index contributed by atoms with van der Waals surface area (Å²) in [5, 5.41) is 11.3. The molecule has 4 N–H and O–H groups in total. The summed E-state index contributed by atoms with van der Waals surface area (Å²) in [6, 6.07) is 13.5. The number of hydrogen-bond acceptors (Lipinski definition) is 3. The van der Waals surface area contributed by atoms with Gasteiger partial charge in [-0.15, -0.1) is 0 Å². The molecule has 0 aromatic heterocycles. The highest BCUT2D eigenvalue weighted by atomic mass is 35.5. The molecular formula is C17H20ClN3O3S. The van der Waals surface area contributed by atoms with Crippen LogP contribution in [0.25, 0.3) is 0 Å². The summed E-state index contributed by atoms with van der Waals surface area (Å²) < 4.78 is 22.3. The third kappa shape index (κ3) is 6.74. The Balaban J connectivity index is 1.68. The summed E-state index contributed by atoms with van der Waals surface area (Å²) >= 11 is 5.91. The van der Waals surface area contributed by atoms with Gasteiger partial charge in [0.1, 0.15) is 0 Å². The summed E-state index contributed by atoms with van der Waals surface area (Å²) in [6.07, 6.45) is 1.29. The first-order valence-corrected chi connectivity index (χ1v) is 9.65. The van der Waals surface area contributed by atoms with E-state index in [0.717, 1.165) is 11.1 Å². The minimum absolute atomic E-state index is 0.0722. The van der Waals surface area contributed by atoms with Gasteiger partial charge in [-0.05, 0) is 48.2 Å². The molecule has 0 saturated heterocycles. The number of rotatable bonds is 7. The normalized spacial score (nSPS) is 11.1. The van der Waals surface area contributed by atoms with E-state index in [2.05, 4.69) is 10.6 Å². The second-order valence-corrected chi connectivity index (χ2v) is 7.50. The number of hydrogen-bond donors (Lipinski definition) is 3. The van der Waals surface area contributed by atoms with E-state index in [1.54, 1.807) is 18.2 Å². The van der Waals surface area contributed by atoms with Gasteiger partial charge in [0, 0.05) is 18.1 Å². The molecule has 0 aliphatic heterocycles. The van der Waals surface area contributed by atoms with Crippen LogP contribution in [0.3, 0.4) is 0 Å². The maximum absolute atomic E-state index is 11.7. The van der Waals surface area contributed by atoms with E-state index in [-0.39, 0.29) is 10.9 Å². The number of nitrogens with two attached hydrogens (primary N) is 1. The quantitative estimate of drug-likeness (QED) is 0.684. The van der Waals surface area contributed by atoms with Crippen LogP contribution in [-0.2, 0) is 22.9 Å². The Bertz CT molecular complexity index is 823. The van der Waals surface area contributed by atoms with Crippen molar-refractivity contribution >= 4 is 27.7 Å². The first-order chi connectivity index (χ1) is 11.8. The van der Waals surface area contributed by atoms with Gasteiger partial charge in [0.05, 0.1) is 4.90 Å². The Labute approximate surface area is 152 Å². The van der Waals surface area contributed by atoms with Gasteiger partial charge in [-0.3, -0.25) is 0 Å². The molecule has 0 aliphatic rings. The second-order valence-electron chi connectivity index (χ2n) is 5.50. The topological polar surface area (TPSA) is 101 Å². The van der Waals surface area contributed by atoms with Crippen molar-refractivity contribution in [3.05, 3.63) is 64.7 Å². The minimum atomic E-state index is -3.68. The molecule has 0 unspecified atom stereocenters. The van der Waals surface area contributed by atoms with Crippen molar-refractivity contribution in [1.82, 2.24) is 10.6 Å². The summed E-state index contributed by atoms with van der Waals surface area (Å²) in [7, 11) is -3.68. The molecule has 8 heteroatoms. The maximum atomic E-state index is 11.7. The fraction of sp³-hybridized carbons (Fsp3) is 0.235. The first-order valence-electron chi connectivity index (χ1n) is 7.72. The van der Waals surface area contributed by atoms with Crippen LogP contribution < -0.4 is 15.8 Å². The number of benzene rings is 2. The Morgan fingerprint density at radius 2 is 1.56 bits per heavy atom. The fourth-order valence-electron chi connectivity index (χ4n) is 2.24. The number of primary sulfonamides is 1. The molecule has 0 radical (unpaired) electrons. The SMILES string of the molecule is NS(=O)(=O)c1ccc(CCNC(=O)NCCc2cccc(Cl)c2)cc1. The Morgan fingerprint density at radius 3 is 2.12 bits per heavy atom. The Hall–Kier alpha value is -2.09. The van der Waals surface area contributed by atoms with Crippen LogP contribution in [0, 0.1) is 0 Å². The Kier molecular flexibility index (Phi) is 6.81. The average molecular weight is 382 g/mol. The molecule has 25 heavy (non-hydrogen) atoms. The van der Waals surface area contributed by atoms with Crippen molar-refractivity contribution in [3.8, 4) is 0 Å². The third-order valence-electron chi connectivity index (χ3n) is 3.54. The molecule has 0 bridgehead atoms. The summed E-state index contributed by atoms with van der Waals surface area (Å²) in [5.41, 5.74) is 1.97. The lowest BCUT2D eigenvalue weighted by Gasteiger charge is -2.08. The lowest BCUT2D eigenvalue weighted by Crippen LogP contribution is -2.37. The molecule has 6 nitrogen and oxygen atoms in total. The number of amides is 2. The van der Waals surface area contributed by atoms with Gasteiger partial charge >= 0.3 is 6.03 Å². The standard InChI is InChI=1S/C17H20ClN3O3S/c18-15-3-1-2-14(12-15)9-11-21-17(22)20-10-8-13-4-6-16(7-5-13)25(19,23)24/h1-7,12H,8-11H2,(H2,19,23,24)(H2,20,21,22). The smallest absolute Gasteiger partial charge is 0.314 e. The van der Waals surface area contributed by atoms with Crippen molar-refractivity contribution in [1.29, 1.82) is 0 Å². The molecular weight excluding hydrogens is 362 g/mol. The number of carbonyl (C=O) groups excluding carboxylic acids is 1. The number of halogens is 1. The number of urea groups is 1. The molecule has 134 valence electrons. The summed E-state index contributed by atoms with van der Waals surface area (Å²) in [5.74, 6) is 0. The van der Waals surface area contributed by atoms with Crippen LogP contribution in [0.5, 0.6) is 0 Å². The Morgan fingerprint density at radius 1 is 0.960 bits per heavy atom. The van der Waals surface area contributed by atoms with Crippen molar-refractivity contribution in [2.24, 2.45) is 5.14 Å². The van der Waals surface area contributed by atoms with Crippen molar-refractivity contribution in [2.45, 2.75) is 17.7 Å². The highest BCUT2D eigenvalue weighted by molar-refractivity contribution is 7.89. The van der Waals surface area contributed by atoms with Crippen LogP contribution in [0.1, 0.15) is 11.1 Å². The van der Waals surface area contributed by atoms with Gasteiger partial charge in [-0.1, -0.05) is 35.9 Å². The lowest BCUT2D eigenvalue weighted by molar-refractivity contribution is 0.241. The zero-order chi connectivity index (χ0) is 18.3. The predicted molar refractivity (Wildman–Crippen MR) is 98.1 cm³/mol. The summed E-state index contributed by atoms with van der Waals surface area (Å²) in [6.45, 7) is 0.951. The first kappa shape index (κ1) is 19.2. The molecule has 0 atom stereocenters. The molecule has 2 aromatic rings. The lowest BCUT2D eigenvalue weighted by atomic mass is 10.1. The van der Waals surface area contributed by atoms with E-state index in [0.29, 0.717) is 31.0 Å². The van der Waals surface area contributed by atoms with Crippen LogP contribution in [0.15, 0.2) is 53.4 Å². The molecule has 2 rings (SSSR count). The molecule has 0 heterocycles. The monoisotopic (exact) mass is 381 g/mol. The van der Waals surface area contributed by atoms with Crippen LogP contribution >= 0.6 is 11.6 Å². The zero-order valence-corrected chi connectivity index (χ0v) is 15.1.